The number of nitrogens with one attached hydrogen (secondary N) is 1. The van der Waals surface area contributed by atoms with E-state index in [-0.39, 0.29) is 1.43 Å². The van der Waals surface area contributed by atoms with Gasteiger partial charge in [0.2, 0.25) is 0 Å². The lowest BCUT2D eigenvalue weighted by atomic mass is 10.4. The first-order valence-electron chi connectivity index (χ1n) is 4.02. The molecule has 64 valence electrons. The first-order chi connectivity index (χ1) is 4.91. The first kappa shape index (κ1) is 12.3. The third-order valence-corrected chi connectivity index (χ3v) is 0.957. The molecule has 0 radical (unpaired) electrons. The fourth-order valence-electron chi connectivity index (χ4n) is 0.625. The Labute approximate surface area is 65.5 Å². The van der Waals surface area contributed by atoms with Crippen molar-refractivity contribution in [3.05, 3.63) is 0 Å². The number of carbonyl (C=O) groups is 1. The minimum absolute atomic E-state index is 0. The van der Waals surface area contributed by atoms with Gasteiger partial charge in [-0.2, -0.15) is 0 Å². The molecular weight excluding hydrogens is 126 g/mol. The number of carbonyl (C=O) groups excluding carboxylic acids is 1. The quantitative estimate of drug-likeness (QED) is 0.530. The smallest absolute Gasteiger partial charge is 0.116 e. The van der Waals surface area contributed by atoms with E-state index in [0.717, 1.165) is 6.29 Å². The maximum Gasteiger partial charge on any atom is 0.116 e. The van der Waals surface area contributed by atoms with Crippen LogP contribution in [0.2, 0.25) is 0 Å². The predicted molar refractivity (Wildman–Crippen MR) is 47.3 cm³/mol. The Kier molecular flexibility index (Phi) is 19.5. The zero-order chi connectivity index (χ0) is 8.24. The van der Waals surface area contributed by atoms with Crippen molar-refractivity contribution >= 4 is 6.29 Å². The van der Waals surface area contributed by atoms with E-state index in [4.69, 9.17) is 4.79 Å². The Balaban J connectivity index is -0.0000000956. The van der Waals surface area contributed by atoms with Crippen molar-refractivity contribution < 1.29 is 6.22 Å². The minimum atomic E-state index is 0. The Morgan fingerprint density at radius 2 is 1.60 bits per heavy atom. The summed E-state index contributed by atoms with van der Waals surface area (Å²) < 4.78 is 0. The van der Waals surface area contributed by atoms with Crippen molar-refractivity contribution in [2.75, 3.05) is 13.1 Å². The second-order valence-corrected chi connectivity index (χ2v) is 1.69. The van der Waals surface area contributed by atoms with E-state index in [1.54, 1.807) is 0 Å². The van der Waals surface area contributed by atoms with Crippen LogP contribution in [-0.4, -0.2) is 19.4 Å². The van der Waals surface area contributed by atoms with Gasteiger partial charge < -0.3 is 10.1 Å². The van der Waals surface area contributed by atoms with Gasteiger partial charge in [0.25, 0.3) is 0 Å². The van der Waals surface area contributed by atoms with Gasteiger partial charge in [0, 0.05) is 1.43 Å². The van der Waals surface area contributed by atoms with Crippen molar-refractivity contribution in [3.63, 3.8) is 0 Å². The molecule has 0 aromatic heterocycles. The summed E-state index contributed by atoms with van der Waals surface area (Å²) in [6.45, 7) is 7.94. The van der Waals surface area contributed by atoms with Crippen LogP contribution in [-0.2, 0) is 4.79 Å². The van der Waals surface area contributed by atoms with E-state index < -0.39 is 0 Å². The van der Waals surface area contributed by atoms with Crippen LogP contribution in [0.15, 0.2) is 0 Å². The van der Waals surface area contributed by atoms with Crippen LogP contribution in [0.3, 0.4) is 0 Å². The highest BCUT2D eigenvalue weighted by molar-refractivity contribution is 5.44. The Morgan fingerprint density at radius 3 is 1.70 bits per heavy atom. The molecule has 1 heterocycles. The Bertz CT molecular complexity index is 48.4. The van der Waals surface area contributed by atoms with Gasteiger partial charge in [-0.15, -0.1) is 0 Å². The van der Waals surface area contributed by atoms with E-state index in [2.05, 4.69) is 5.32 Å². The molecule has 0 spiro atoms. The summed E-state index contributed by atoms with van der Waals surface area (Å²) in [6, 6.07) is 0. The molecule has 1 saturated heterocycles. The molecule has 1 aliphatic rings. The lowest BCUT2D eigenvalue weighted by Gasteiger charge is -1.76. The molecule has 1 N–H and O–H groups in total. The summed E-state index contributed by atoms with van der Waals surface area (Å²) in [5.41, 5.74) is 0. The molecule has 0 amide bonds. The standard InChI is InChI=1S/C4H9N.C2H4O.C2H6.H2/c1-2-4-5-3-1;1-2-3;1-2;/h5H,1-4H2;2H,1H3;1-2H3;1H. The van der Waals surface area contributed by atoms with Gasteiger partial charge in [0.1, 0.15) is 6.29 Å². The van der Waals surface area contributed by atoms with E-state index in [0.29, 0.717) is 0 Å². The molecule has 0 atom stereocenters. The highest BCUT2D eigenvalue weighted by Crippen LogP contribution is 1.90. The Morgan fingerprint density at radius 1 is 1.30 bits per heavy atom. The highest BCUT2D eigenvalue weighted by Gasteiger charge is 1.93. The first-order valence-corrected chi connectivity index (χ1v) is 4.02. The van der Waals surface area contributed by atoms with Crippen LogP contribution in [0.1, 0.15) is 35.0 Å². The van der Waals surface area contributed by atoms with Gasteiger partial charge in [-0.1, -0.05) is 13.8 Å². The van der Waals surface area contributed by atoms with E-state index >= 15 is 0 Å². The molecular formula is C8H21NO. The summed E-state index contributed by atoms with van der Waals surface area (Å²) in [4.78, 5) is 8.81. The van der Waals surface area contributed by atoms with Crippen molar-refractivity contribution in [2.45, 2.75) is 33.6 Å². The van der Waals surface area contributed by atoms with Crippen LogP contribution in [0.5, 0.6) is 0 Å². The Hall–Kier alpha value is -0.370. The zero-order valence-electron chi connectivity index (χ0n) is 7.31. The highest BCUT2D eigenvalue weighted by atomic mass is 16.1. The molecule has 2 nitrogen and oxygen atoms in total. The van der Waals surface area contributed by atoms with Crippen LogP contribution in [0.25, 0.3) is 0 Å². The van der Waals surface area contributed by atoms with E-state index in [1.165, 1.54) is 32.9 Å². The van der Waals surface area contributed by atoms with Crippen molar-refractivity contribution in [2.24, 2.45) is 0 Å². The van der Waals surface area contributed by atoms with Gasteiger partial charge in [-0.3, -0.25) is 0 Å². The third-order valence-electron chi connectivity index (χ3n) is 0.957. The molecule has 0 aromatic rings. The summed E-state index contributed by atoms with van der Waals surface area (Å²) in [5, 5.41) is 3.22. The lowest BCUT2D eigenvalue weighted by molar-refractivity contribution is -0.106. The second-order valence-electron chi connectivity index (χ2n) is 1.69. The van der Waals surface area contributed by atoms with E-state index in [9.17, 15) is 0 Å². The molecule has 10 heavy (non-hydrogen) atoms. The van der Waals surface area contributed by atoms with Crippen LogP contribution in [0, 0.1) is 0 Å². The molecule has 0 unspecified atom stereocenters. The molecule has 0 bridgehead atoms. The van der Waals surface area contributed by atoms with Gasteiger partial charge in [0.15, 0.2) is 0 Å². The van der Waals surface area contributed by atoms with Crippen LogP contribution >= 0.6 is 0 Å². The molecule has 0 aliphatic carbocycles. The average Bonchev–Trinajstić information content (AvgIpc) is 2.48. The van der Waals surface area contributed by atoms with Gasteiger partial charge >= 0.3 is 0 Å². The molecule has 0 aromatic carbocycles. The number of hydrogen-bond acceptors (Lipinski definition) is 2. The predicted octanol–water partition coefficient (Wildman–Crippen LogP) is 1.85. The maximum atomic E-state index is 8.81. The largest absolute Gasteiger partial charge is 0.317 e. The summed E-state index contributed by atoms with van der Waals surface area (Å²) in [6.07, 6.45) is 3.53. The zero-order valence-corrected chi connectivity index (χ0v) is 7.31. The molecule has 1 aliphatic heterocycles. The van der Waals surface area contributed by atoms with Gasteiger partial charge in [-0.25, -0.2) is 0 Å². The maximum absolute atomic E-state index is 8.81. The normalized spacial score (nSPS) is 13.9. The number of hydrogen-bond donors (Lipinski definition) is 1. The topological polar surface area (TPSA) is 29.1 Å². The van der Waals surface area contributed by atoms with Gasteiger partial charge in [0.05, 0.1) is 0 Å². The summed E-state index contributed by atoms with van der Waals surface area (Å²) >= 11 is 0. The second kappa shape index (κ2) is 15.9. The molecule has 2 heteroatoms. The number of rotatable bonds is 0. The number of aldehydes is 1. The third kappa shape index (κ3) is 15.6. The fourth-order valence-corrected chi connectivity index (χ4v) is 0.625. The molecule has 0 saturated carbocycles. The van der Waals surface area contributed by atoms with Crippen molar-refractivity contribution in [1.29, 1.82) is 0 Å². The lowest BCUT2D eigenvalue weighted by Crippen LogP contribution is -2.03. The van der Waals surface area contributed by atoms with Crippen molar-refractivity contribution in [3.8, 4) is 0 Å². The molecule has 1 rings (SSSR count). The molecule has 1 fully saturated rings. The van der Waals surface area contributed by atoms with E-state index in [1.807, 2.05) is 13.8 Å². The van der Waals surface area contributed by atoms with Crippen LogP contribution in [0.4, 0.5) is 0 Å². The SMILES string of the molecule is C1CCNC1.CC.CC=O.[HH]. The van der Waals surface area contributed by atoms with Crippen LogP contribution < -0.4 is 5.32 Å². The fraction of sp³-hybridized carbons (Fsp3) is 0.875. The van der Waals surface area contributed by atoms with Crippen molar-refractivity contribution in [1.82, 2.24) is 5.32 Å². The summed E-state index contributed by atoms with van der Waals surface area (Å²) in [7, 11) is 0. The van der Waals surface area contributed by atoms with Gasteiger partial charge in [-0.05, 0) is 32.9 Å². The summed E-state index contributed by atoms with van der Waals surface area (Å²) in [5.74, 6) is 0. The monoisotopic (exact) mass is 147 g/mol. The minimum Gasteiger partial charge on any atom is -0.317 e. The average molecular weight is 147 g/mol.